The van der Waals surface area contributed by atoms with E-state index < -0.39 is 163 Å². The van der Waals surface area contributed by atoms with Gasteiger partial charge < -0.3 is 106 Å². The van der Waals surface area contributed by atoms with Gasteiger partial charge in [-0.2, -0.15) is 12.6 Å². The first-order valence-electron chi connectivity index (χ1n) is 43.8. The highest BCUT2D eigenvalue weighted by molar-refractivity contribution is 7.80. The van der Waals surface area contributed by atoms with Crippen LogP contribution in [0.3, 0.4) is 0 Å². The Bertz CT molecular complexity index is 4140. The molecule has 0 spiro atoms. The molecule has 0 saturated carbocycles. The van der Waals surface area contributed by atoms with Gasteiger partial charge in [-0.25, -0.2) is 4.98 Å². The molecule has 3 aromatic carbocycles. The number of piperidine rings is 1. The summed E-state index contributed by atoms with van der Waals surface area (Å²) in [4.78, 5) is 194. The molecule has 0 radical (unpaired) electrons. The van der Waals surface area contributed by atoms with Gasteiger partial charge in [-0.3, -0.25) is 78.4 Å². The van der Waals surface area contributed by atoms with E-state index in [4.69, 9.17) is 33.5 Å². The highest BCUT2D eigenvalue weighted by Crippen LogP contribution is 2.32. The van der Waals surface area contributed by atoms with Crippen molar-refractivity contribution in [1.82, 2.24) is 88.6 Å². The molecule has 38 heteroatoms. The molecule has 5 aromatic rings. The number of fused-ring (bicyclic) bond motifs is 1. The number of aliphatic hydroxyl groups is 1. The van der Waals surface area contributed by atoms with Crippen LogP contribution in [0.4, 0.5) is 0 Å². The Morgan fingerprint density at radius 2 is 1.12 bits per heavy atom. The fourth-order valence-electron chi connectivity index (χ4n) is 15.0. The van der Waals surface area contributed by atoms with Gasteiger partial charge in [0.2, 0.25) is 70.9 Å². The van der Waals surface area contributed by atoms with Crippen LogP contribution in [0.25, 0.3) is 10.9 Å². The van der Waals surface area contributed by atoms with Crippen LogP contribution in [0.2, 0.25) is 0 Å². The minimum Gasteiger partial charge on any atom is -0.480 e. The number of aromatic nitrogens is 3. The van der Waals surface area contributed by atoms with Crippen molar-refractivity contribution in [3.8, 4) is 0 Å². The number of aliphatic carboxylic acids is 1. The molecule has 2 aromatic heterocycles. The van der Waals surface area contributed by atoms with E-state index in [1.54, 1.807) is 66.9 Å². The number of nitrogens with one attached hydrogen (secondary N) is 15. The number of para-hydroxylation sites is 1. The Hall–Kier alpha value is -11.1. The lowest BCUT2D eigenvalue weighted by Crippen LogP contribution is -2.61. The summed E-state index contributed by atoms with van der Waals surface area (Å²) in [5.41, 5.74) is 25.7. The number of carbonyl (C=O) groups excluding carboxylic acids is 12. The number of nitrogens with two attached hydrogens (primary N) is 4. The number of thiol groups is 1. The van der Waals surface area contributed by atoms with Gasteiger partial charge in [-0.1, -0.05) is 176 Å². The number of imidazole rings is 1. The number of carboxylic acid groups (broad SMARTS) is 1. The number of rotatable bonds is 62. The second-order valence-electron chi connectivity index (χ2n) is 31.9. The third kappa shape index (κ3) is 38.5. The molecular formula is C87H134N22O15S. The van der Waals surface area contributed by atoms with Crippen LogP contribution in [0.15, 0.2) is 104 Å². The lowest BCUT2D eigenvalue weighted by molar-refractivity contribution is -0.141. The second-order valence-corrected chi connectivity index (χ2v) is 32.2. The topological polar surface area (TPSA) is 586 Å². The van der Waals surface area contributed by atoms with E-state index in [-0.39, 0.29) is 109 Å². The summed E-state index contributed by atoms with van der Waals surface area (Å²) in [7, 11) is 0. The maximum Gasteiger partial charge on any atom is 0.317 e. The Labute approximate surface area is 736 Å². The summed E-state index contributed by atoms with van der Waals surface area (Å²) in [5.74, 6) is -12.5. The molecule has 1 fully saturated rings. The van der Waals surface area contributed by atoms with E-state index >= 15 is 9.59 Å². The van der Waals surface area contributed by atoms with Gasteiger partial charge >= 0.3 is 5.97 Å². The predicted molar refractivity (Wildman–Crippen MR) is 477 cm³/mol. The number of hydrogen-bond acceptors (Lipinski definition) is 21. The molecule has 125 heavy (non-hydrogen) atoms. The van der Waals surface area contributed by atoms with E-state index in [1.807, 2.05) is 24.3 Å². The van der Waals surface area contributed by atoms with Crippen LogP contribution >= 0.6 is 12.6 Å². The van der Waals surface area contributed by atoms with Crippen LogP contribution in [0.5, 0.6) is 0 Å². The van der Waals surface area contributed by atoms with E-state index in [9.17, 15) is 57.8 Å². The highest BCUT2D eigenvalue weighted by Gasteiger charge is 2.42. The van der Waals surface area contributed by atoms with Crippen LogP contribution < -0.4 is 86.7 Å². The minimum atomic E-state index is -1.65. The fourth-order valence-corrected chi connectivity index (χ4v) is 15.2. The first-order chi connectivity index (χ1) is 60.2. The number of guanidine groups is 1. The van der Waals surface area contributed by atoms with Gasteiger partial charge in [0, 0.05) is 87.0 Å². The van der Waals surface area contributed by atoms with E-state index in [1.165, 1.54) is 88.6 Å². The zero-order chi connectivity index (χ0) is 90.8. The smallest absolute Gasteiger partial charge is 0.317 e. The predicted octanol–water partition coefficient (Wildman–Crippen LogP) is 1.55. The summed E-state index contributed by atoms with van der Waals surface area (Å²) in [6.07, 6.45) is 20.6. The molecule has 6 rings (SSSR count). The molecule has 0 aliphatic carbocycles. The number of aromatic amines is 2. The van der Waals surface area contributed by atoms with Crippen molar-refractivity contribution in [2.75, 3.05) is 71.2 Å². The maximum atomic E-state index is 15.7. The normalized spacial score (nSPS) is 14.5. The summed E-state index contributed by atoms with van der Waals surface area (Å²) in [6.45, 7) is 2.30. The zero-order valence-electron chi connectivity index (χ0n) is 72.1. The summed E-state index contributed by atoms with van der Waals surface area (Å²) < 4.78 is 0. The molecule has 9 atom stereocenters. The van der Waals surface area contributed by atoms with Gasteiger partial charge in [0.25, 0.3) is 0 Å². The number of unbranched alkanes of at least 4 members (excludes halogenated alkanes) is 15. The minimum absolute atomic E-state index is 0.000231. The second kappa shape index (κ2) is 57.5. The van der Waals surface area contributed by atoms with Gasteiger partial charge in [0.15, 0.2) is 5.96 Å². The fraction of sp³-hybridized carbons (Fsp3) is 0.575. The Balaban J connectivity index is 1.13. The summed E-state index contributed by atoms with van der Waals surface area (Å²) in [5, 5.41) is 61.2. The quantitative estimate of drug-likeness (QED) is 0.00863. The van der Waals surface area contributed by atoms with Crippen molar-refractivity contribution in [3.63, 3.8) is 0 Å². The Morgan fingerprint density at radius 3 is 1.71 bits per heavy atom. The van der Waals surface area contributed by atoms with Crippen LogP contribution in [0, 0.1) is 11.3 Å². The van der Waals surface area contributed by atoms with Crippen LogP contribution in [-0.4, -0.2) is 244 Å². The van der Waals surface area contributed by atoms with Crippen molar-refractivity contribution in [1.29, 1.82) is 5.41 Å². The van der Waals surface area contributed by atoms with Gasteiger partial charge in [0.1, 0.15) is 55.1 Å². The Morgan fingerprint density at radius 1 is 0.576 bits per heavy atom. The number of H-pyrrole nitrogens is 2. The average molecular weight is 1760 g/mol. The molecule has 1 aliphatic heterocycles. The van der Waals surface area contributed by atoms with E-state index in [0.717, 1.165) is 41.5 Å². The molecule has 688 valence electrons. The van der Waals surface area contributed by atoms with Crippen LogP contribution in [-0.2, 0) is 75.2 Å². The van der Waals surface area contributed by atoms with Crippen molar-refractivity contribution >= 4 is 106 Å². The standard InChI is InChI=1S/C87H134N22O15S/c1-3-4-5-6-7-8-9-10-11-12-13-14-15-26-41-95-72(113)54-109(53-70(88)111)73(114)40-23-18-27-42-96-79(118)67(46-61-48-99-64-37-25-24-36-63(61)64)103-80(119)66(39-29-44-98-87(91)92)102-83(122)69(55-125)105-81(120)65(38-28-43-97-86(89)90)101-78(117)60-35-30-45-108(52-60)85(124)77(75(58-31-19-16-20-32-58)59-33-21-17-22-34-59)107-82(121)68(47-62-49-94-56-100-62)104-84(123)76(57(2)110)106-71(112)50-93-51-74(115)116/h16-17,19-22,24-25,31-34,36-37,48-49,56-57,60,65-69,75-77,87,93,98-99,110,125H,3-15,18,23,26-30,35,38-47,50-55,91-92H2,1-2H3,(H2,88,111)(H,94,100)(H,95,113)(H,96,118)(H,101,117)(H,102,122)(H,103,119)(H,104,123)(H,105,120)(H,106,112)(H,107,121)(H,115,116)(H4,89,90,97). The highest BCUT2D eigenvalue weighted by atomic mass is 32.1. The lowest BCUT2D eigenvalue weighted by atomic mass is 9.83. The number of nitrogens with zero attached hydrogens (tertiary/aromatic N) is 3. The van der Waals surface area contributed by atoms with Gasteiger partial charge in [0.05, 0.1) is 43.7 Å². The number of carboxylic acids is 1. The number of aliphatic hydroxyl groups excluding tert-OH is 1. The first-order valence-corrected chi connectivity index (χ1v) is 44.5. The van der Waals surface area contributed by atoms with Gasteiger partial charge in [-0.15, -0.1) is 0 Å². The molecule has 1 saturated heterocycles. The Kier molecular flexibility index (Phi) is 47.2. The number of carbonyl (C=O) groups is 13. The zero-order valence-corrected chi connectivity index (χ0v) is 73.0. The largest absolute Gasteiger partial charge is 0.480 e. The molecule has 9 unspecified atom stereocenters. The number of hydrogen-bond donors (Lipinski definition) is 22. The van der Waals surface area contributed by atoms with Crippen molar-refractivity contribution in [2.24, 2.45) is 28.9 Å². The molecule has 3 heterocycles. The van der Waals surface area contributed by atoms with Crippen molar-refractivity contribution in [3.05, 3.63) is 126 Å². The monoisotopic (exact) mass is 1760 g/mol. The van der Waals surface area contributed by atoms with Gasteiger partial charge in [-0.05, 0) is 94.0 Å². The van der Waals surface area contributed by atoms with Crippen molar-refractivity contribution in [2.45, 2.75) is 241 Å². The van der Waals surface area contributed by atoms with E-state index in [0.29, 0.717) is 48.2 Å². The third-order valence-corrected chi connectivity index (χ3v) is 22.0. The molecule has 1 aliphatic rings. The maximum absolute atomic E-state index is 15.7. The number of primary amides is 1. The average Bonchev–Trinajstić information content (AvgIpc) is 0.889. The summed E-state index contributed by atoms with van der Waals surface area (Å²) >= 11 is 4.47. The summed E-state index contributed by atoms with van der Waals surface area (Å²) in [6, 6.07) is 15.0. The SMILES string of the molecule is CCCCCCCCCCCCCCCCNC(=O)CN(CC(N)=O)C(=O)CCCCCNC(=O)C(Cc1c[nH]c2ccccc12)NC(=O)C(CCCNC(N)N)NC(=O)C(CS)NC(=O)C(CCCNC(=N)N)NC(=O)C1CCCN(C(=O)C(NC(=O)C(Cc2c[nH]cn2)NC(=O)C(NC(=O)CNCC(=O)O)C(C)O)C(c2ccccc2)c2ccccc2)C1. The van der Waals surface area contributed by atoms with Crippen molar-refractivity contribution < 1.29 is 72.5 Å². The number of likely N-dealkylation sites (tertiary alicyclic amines) is 1. The molecule has 0 bridgehead atoms. The number of benzene rings is 3. The number of amides is 12. The molecule has 12 amide bonds. The lowest BCUT2D eigenvalue weighted by Gasteiger charge is -2.38. The molecule has 25 N–H and O–H groups in total. The van der Waals surface area contributed by atoms with E-state index in [2.05, 4.69) is 98.3 Å². The first kappa shape index (κ1) is 103. The molecular weight excluding hydrogens is 1630 g/mol. The third-order valence-electron chi connectivity index (χ3n) is 21.7. The van der Waals surface area contributed by atoms with Crippen LogP contribution in [0.1, 0.15) is 196 Å². The molecule has 37 nitrogen and oxygen atoms in total.